The van der Waals surface area contributed by atoms with E-state index in [4.69, 9.17) is 0 Å². The Morgan fingerprint density at radius 3 is 1.00 bits per heavy atom. The fourth-order valence-electron chi connectivity index (χ4n) is 0. The second-order valence-corrected chi connectivity index (χ2v) is 2.57. The minimum Gasteiger partial charge on any atom is -0.312 e. The van der Waals surface area contributed by atoms with Crippen molar-refractivity contribution in [1.29, 1.82) is 0 Å². The molecule has 0 radical (unpaired) electrons. The Bertz CT molecular complexity index is 19.3. The fraction of sp³-hybridized carbons (Fsp3) is 1.00. The van der Waals surface area contributed by atoms with E-state index in [0.29, 0.717) is 0 Å². The number of hydrogen-bond donors (Lipinski definition) is 0. The fourth-order valence-corrected chi connectivity index (χ4v) is 0. The quantitative estimate of drug-likeness (QED) is 0.473. The lowest BCUT2D eigenvalue weighted by Gasteiger charge is -1.90. The molecule has 0 saturated carbocycles. The summed E-state index contributed by atoms with van der Waals surface area (Å²) in [5.41, 5.74) is 0. The largest absolute Gasteiger partial charge is 0.312 e. The van der Waals surface area contributed by atoms with Gasteiger partial charge in [-0.25, -0.2) is 0 Å². The van der Waals surface area contributed by atoms with Crippen LogP contribution in [0.5, 0.6) is 0 Å². The first kappa shape index (κ1) is 10.3. The molecule has 0 N–H and O–H groups in total. The number of thioether (sulfide) groups is 1. The molecule has 0 bridgehead atoms. The van der Waals surface area contributed by atoms with Crippen LogP contribution >= 0.6 is 11.8 Å². The van der Waals surface area contributed by atoms with E-state index < -0.39 is 0 Å². The maximum Gasteiger partial charge on any atom is -0.0140 e. The third-order valence-electron chi connectivity index (χ3n) is 0. The number of nitrogens with zero attached hydrogens (tertiary/aromatic N) is 1. The molecule has 7 heavy (non-hydrogen) atoms. The molecule has 0 saturated heterocycles. The molecule has 0 spiro atoms. The van der Waals surface area contributed by atoms with E-state index in [-0.39, 0.29) is 0 Å². The first-order valence-corrected chi connectivity index (χ1v) is 3.79. The lowest BCUT2D eigenvalue weighted by molar-refractivity contribution is 0.505. The van der Waals surface area contributed by atoms with Gasteiger partial charge in [-0.15, -0.1) is 0 Å². The van der Waals surface area contributed by atoms with Gasteiger partial charge in [-0.3, -0.25) is 0 Å². The summed E-state index contributed by atoms with van der Waals surface area (Å²) < 4.78 is 0. The van der Waals surface area contributed by atoms with Crippen molar-refractivity contribution in [3.05, 3.63) is 0 Å². The molecule has 0 fully saturated rings. The van der Waals surface area contributed by atoms with Crippen molar-refractivity contribution in [3.8, 4) is 0 Å². The Balaban J connectivity index is 0. The van der Waals surface area contributed by atoms with Gasteiger partial charge in [-0.1, -0.05) is 0 Å². The molecule has 1 nitrogen and oxygen atoms in total. The summed E-state index contributed by atoms with van der Waals surface area (Å²) in [6.07, 6.45) is 4.08. The first-order chi connectivity index (χ1) is 3.15. The minimum absolute atomic E-state index is 1.75. The summed E-state index contributed by atoms with van der Waals surface area (Å²) in [6.45, 7) is 0. The molecule has 0 aromatic heterocycles. The molecule has 0 aromatic rings. The van der Waals surface area contributed by atoms with Crippen molar-refractivity contribution in [2.75, 3.05) is 33.7 Å². The molecule has 0 unspecified atom stereocenters. The summed E-state index contributed by atoms with van der Waals surface area (Å²) in [4.78, 5) is 2.00. The van der Waals surface area contributed by atoms with Gasteiger partial charge >= 0.3 is 0 Å². The predicted molar refractivity (Wildman–Crippen MR) is 39.1 cm³/mol. The molecule has 0 heterocycles. The van der Waals surface area contributed by atoms with Crippen LogP contribution in [0.25, 0.3) is 0 Å². The van der Waals surface area contributed by atoms with Crippen molar-refractivity contribution >= 4 is 11.8 Å². The van der Waals surface area contributed by atoms with Crippen LogP contribution in [0.15, 0.2) is 0 Å². The molecule has 0 rings (SSSR count). The average Bonchev–Trinajstić information content (AvgIpc) is 1.33. The van der Waals surface area contributed by atoms with Gasteiger partial charge in [0.15, 0.2) is 0 Å². The Hall–Kier alpha value is 0.310. The lowest BCUT2D eigenvalue weighted by atomic mass is 11.0. The van der Waals surface area contributed by atoms with Crippen molar-refractivity contribution < 1.29 is 0 Å². The van der Waals surface area contributed by atoms with E-state index in [1.165, 1.54) is 0 Å². The van der Waals surface area contributed by atoms with Crippen LogP contribution in [-0.4, -0.2) is 38.6 Å². The third-order valence-corrected chi connectivity index (χ3v) is 0. The number of hydrogen-bond acceptors (Lipinski definition) is 2. The van der Waals surface area contributed by atoms with Crippen LogP contribution < -0.4 is 0 Å². The minimum atomic E-state index is 1.75. The van der Waals surface area contributed by atoms with E-state index in [1.807, 2.05) is 38.6 Å². The molecule has 0 aromatic carbocycles. The van der Waals surface area contributed by atoms with Gasteiger partial charge in [0.2, 0.25) is 0 Å². The van der Waals surface area contributed by atoms with Crippen LogP contribution in [-0.2, 0) is 0 Å². The van der Waals surface area contributed by atoms with Crippen LogP contribution in [0.3, 0.4) is 0 Å². The molecule has 0 amide bonds. The lowest BCUT2D eigenvalue weighted by Crippen LogP contribution is -1.99. The highest BCUT2D eigenvalue weighted by molar-refractivity contribution is 7.97. The van der Waals surface area contributed by atoms with E-state index in [0.717, 1.165) is 0 Å². The molecule has 0 atom stereocenters. The van der Waals surface area contributed by atoms with Gasteiger partial charge in [-0.05, 0) is 33.7 Å². The summed E-state index contributed by atoms with van der Waals surface area (Å²) in [5.74, 6) is 0. The normalized spacial score (nSPS) is 7.71. The van der Waals surface area contributed by atoms with Crippen LogP contribution in [0.1, 0.15) is 0 Å². The maximum atomic E-state index is 2.04. The molecule has 2 heteroatoms. The molecular weight excluding hydrogens is 106 g/mol. The second kappa shape index (κ2) is 9.58. The zero-order valence-electron chi connectivity index (χ0n) is 5.86. The topological polar surface area (TPSA) is 3.24 Å². The van der Waals surface area contributed by atoms with Gasteiger partial charge in [0, 0.05) is 0 Å². The molecular formula is C5H15NS. The van der Waals surface area contributed by atoms with Gasteiger partial charge < -0.3 is 4.90 Å². The summed E-state index contributed by atoms with van der Waals surface area (Å²) >= 11 is 1.75. The highest BCUT2D eigenvalue weighted by atomic mass is 32.2. The van der Waals surface area contributed by atoms with E-state index in [1.54, 1.807) is 11.8 Å². The van der Waals surface area contributed by atoms with Gasteiger partial charge in [0.05, 0.1) is 0 Å². The van der Waals surface area contributed by atoms with E-state index in [9.17, 15) is 0 Å². The molecule has 0 aliphatic carbocycles. The highest BCUT2D eigenvalue weighted by Gasteiger charge is 1.58. The first-order valence-electron chi connectivity index (χ1n) is 2.16. The van der Waals surface area contributed by atoms with Crippen LogP contribution in [0.4, 0.5) is 0 Å². The van der Waals surface area contributed by atoms with Crippen molar-refractivity contribution in [2.24, 2.45) is 0 Å². The molecule has 46 valence electrons. The standard InChI is InChI=1S/C3H9N.C2H6S/c1-4(2)3;1-3-2/h1-3H3;1-2H3. The third kappa shape index (κ3) is 1220. The van der Waals surface area contributed by atoms with Crippen LogP contribution in [0, 0.1) is 0 Å². The van der Waals surface area contributed by atoms with E-state index >= 15 is 0 Å². The van der Waals surface area contributed by atoms with Gasteiger partial charge in [0.1, 0.15) is 0 Å². The van der Waals surface area contributed by atoms with Gasteiger partial charge in [-0.2, -0.15) is 11.8 Å². The zero-order chi connectivity index (χ0) is 6.28. The SMILES string of the molecule is CN(C)C.CSC. The maximum absolute atomic E-state index is 2.04. The van der Waals surface area contributed by atoms with Crippen LogP contribution in [0.2, 0.25) is 0 Å². The molecule has 0 aliphatic heterocycles. The Morgan fingerprint density at radius 2 is 1.00 bits per heavy atom. The molecule has 0 aliphatic rings. The summed E-state index contributed by atoms with van der Waals surface area (Å²) in [7, 11) is 6.00. The van der Waals surface area contributed by atoms with Crippen molar-refractivity contribution in [2.45, 2.75) is 0 Å². The Morgan fingerprint density at radius 1 is 1.00 bits per heavy atom. The Labute approximate surface area is 51.1 Å². The summed E-state index contributed by atoms with van der Waals surface area (Å²) in [6, 6.07) is 0. The van der Waals surface area contributed by atoms with Crippen molar-refractivity contribution in [3.63, 3.8) is 0 Å². The monoisotopic (exact) mass is 121 g/mol. The average molecular weight is 121 g/mol. The smallest absolute Gasteiger partial charge is 0.0140 e. The summed E-state index contributed by atoms with van der Waals surface area (Å²) in [5, 5.41) is 0. The second-order valence-electron chi connectivity index (χ2n) is 1.75. The zero-order valence-corrected chi connectivity index (χ0v) is 6.67. The number of rotatable bonds is 0. The van der Waals surface area contributed by atoms with E-state index in [2.05, 4.69) is 0 Å². The van der Waals surface area contributed by atoms with Crippen molar-refractivity contribution in [1.82, 2.24) is 4.90 Å². The Kier molecular flexibility index (Phi) is 14.1. The van der Waals surface area contributed by atoms with Gasteiger partial charge in [0.25, 0.3) is 0 Å². The predicted octanol–water partition coefficient (Wildman–Crippen LogP) is 1.16. The highest BCUT2D eigenvalue weighted by Crippen LogP contribution is 1.70.